The molecule has 7 heteroatoms. The van der Waals surface area contributed by atoms with Gasteiger partial charge in [0.2, 0.25) is 5.90 Å². The molecule has 0 N–H and O–H groups in total. The number of hydrogen-bond donors (Lipinski definition) is 0. The first-order valence-electron chi connectivity index (χ1n) is 9.67. The van der Waals surface area contributed by atoms with Gasteiger partial charge in [-0.15, -0.1) is 0 Å². The first-order chi connectivity index (χ1) is 14.5. The second-order valence-electron chi connectivity index (χ2n) is 6.62. The number of benzene rings is 2. The fourth-order valence-electron chi connectivity index (χ4n) is 2.89. The molecule has 156 valence electrons. The van der Waals surface area contributed by atoms with Crippen molar-refractivity contribution in [2.45, 2.75) is 13.8 Å². The SMILES string of the molecule is CCOc1ccccc1C1=N/C(=C\c2ccc(N(C)CCOC(C)=O)cc2)C(=O)O1. The standard InChI is InChI=1S/C23H24N2O5/c1-4-28-21-8-6-5-7-19(21)22-24-20(23(27)30-22)15-17-9-11-18(12-10-17)25(3)13-14-29-16(2)26/h5-12,15H,4,13-14H2,1-3H3/b20-15-. The number of rotatable bonds is 8. The first kappa shape index (κ1) is 21.1. The summed E-state index contributed by atoms with van der Waals surface area (Å²) in [6, 6.07) is 14.9. The third-order valence-electron chi connectivity index (χ3n) is 4.41. The van der Waals surface area contributed by atoms with Crippen molar-refractivity contribution in [3.63, 3.8) is 0 Å². The van der Waals surface area contributed by atoms with Crippen LogP contribution >= 0.6 is 0 Å². The molecule has 0 bridgehead atoms. The van der Waals surface area contributed by atoms with E-state index in [2.05, 4.69) is 4.99 Å². The molecule has 3 rings (SSSR count). The molecule has 0 atom stereocenters. The van der Waals surface area contributed by atoms with E-state index in [0.29, 0.717) is 31.1 Å². The molecule has 0 radical (unpaired) electrons. The van der Waals surface area contributed by atoms with Crippen LogP contribution in [-0.2, 0) is 19.1 Å². The maximum absolute atomic E-state index is 12.3. The lowest BCUT2D eigenvalue weighted by molar-refractivity contribution is -0.140. The Morgan fingerprint density at radius 3 is 2.60 bits per heavy atom. The second kappa shape index (κ2) is 9.73. The third-order valence-corrected chi connectivity index (χ3v) is 4.41. The van der Waals surface area contributed by atoms with Crippen molar-refractivity contribution < 1.29 is 23.8 Å². The van der Waals surface area contributed by atoms with Gasteiger partial charge in [-0.3, -0.25) is 4.79 Å². The minimum absolute atomic E-state index is 0.229. The molecule has 0 spiro atoms. The highest BCUT2D eigenvalue weighted by Gasteiger charge is 2.26. The molecule has 0 amide bonds. The fourth-order valence-corrected chi connectivity index (χ4v) is 2.89. The number of nitrogens with zero attached hydrogens (tertiary/aromatic N) is 2. The van der Waals surface area contributed by atoms with E-state index in [-0.39, 0.29) is 17.6 Å². The zero-order valence-corrected chi connectivity index (χ0v) is 17.3. The molecule has 0 saturated carbocycles. The van der Waals surface area contributed by atoms with Crippen LogP contribution in [0.3, 0.4) is 0 Å². The number of para-hydroxylation sites is 1. The average molecular weight is 408 g/mol. The Morgan fingerprint density at radius 2 is 1.90 bits per heavy atom. The molecule has 2 aromatic carbocycles. The molecule has 7 nitrogen and oxygen atoms in total. The van der Waals surface area contributed by atoms with Crippen molar-refractivity contribution in [1.82, 2.24) is 0 Å². The Labute approximate surface area is 175 Å². The van der Waals surface area contributed by atoms with Crippen LogP contribution in [0.15, 0.2) is 59.2 Å². The van der Waals surface area contributed by atoms with Gasteiger partial charge < -0.3 is 19.1 Å². The maximum atomic E-state index is 12.3. The third kappa shape index (κ3) is 5.26. The van der Waals surface area contributed by atoms with Crippen LogP contribution in [0.25, 0.3) is 6.08 Å². The van der Waals surface area contributed by atoms with Crippen LogP contribution in [0.1, 0.15) is 25.0 Å². The smallest absolute Gasteiger partial charge is 0.363 e. The summed E-state index contributed by atoms with van der Waals surface area (Å²) in [5, 5.41) is 0. The van der Waals surface area contributed by atoms with Crippen LogP contribution in [0, 0.1) is 0 Å². The van der Waals surface area contributed by atoms with Gasteiger partial charge in [0.15, 0.2) is 5.70 Å². The van der Waals surface area contributed by atoms with Crippen LogP contribution in [-0.4, -0.2) is 44.6 Å². The number of ether oxygens (including phenoxy) is 3. The Kier molecular flexibility index (Phi) is 6.85. The van der Waals surface area contributed by atoms with Gasteiger partial charge in [-0.1, -0.05) is 24.3 Å². The molecule has 0 saturated heterocycles. The lowest BCUT2D eigenvalue weighted by Crippen LogP contribution is -2.23. The van der Waals surface area contributed by atoms with Gasteiger partial charge in [0, 0.05) is 19.7 Å². The summed E-state index contributed by atoms with van der Waals surface area (Å²) < 4.78 is 15.9. The monoisotopic (exact) mass is 408 g/mol. The number of carbonyl (C=O) groups is 2. The van der Waals surface area contributed by atoms with Gasteiger partial charge >= 0.3 is 11.9 Å². The summed E-state index contributed by atoms with van der Waals surface area (Å²) in [5.74, 6) is 0.0579. The fraction of sp³-hybridized carbons (Fsp3) is 0.261. The van der Waals surface area contributed by atoms with Gasteiger partial charge in [-0.2, -0.15) is 0 Å². The van der Waals surface area contributed by atoms with Gasteiger partial charge in [0.05, 0.1) is 18.7 Å². The Morgan fingerprint density at radius 1 is 1.17 bits per heavy atom. The van der Waals surface area contributed by atoms with Gasteiger partial charge in [-0.25, -0.2) is 9.79 Å². The number of aliphatic imine (C=N–C) groups is 1. The highest BCUT2D eigenvalue weighted by Crippen LogP contribution is 2.25. The molecular weight excluding hydrogens is 384 g/mol. The van der Waals surface area contributed by atoms with Crippen molar-refractivity contribution in [2.75, 3.05) is 31.7 Å². The molecule has 1 aliphatic rings. The minimum atomic E-state index is -0.501. The predicted molar refractivity (Wildman–Crippen MR) is 115 cm³/mol. The molecule has 1 heterocycles. The Bertz CT molecular complexity index is 979. The molecule has 0 aliphatic carbocycles. The number of carbonyl (C=O) groups excluding carboxylic acids is 2. The largest absolute Gasteiger partial charge is 0.493 e. The highest BCUT2D eigenvalue weighted by molar-refractivity contribution is 6.13. The Hall–Kier alpha value is -3.61. The van der Waals surface area contributed by atoms with Crippen molar-refractivity contribution in [1.29, 1.82) is 0 Å². The average Bonchev–Trinajstić information content (AvgIpc) is 3.09. The minimum Gasteiger partial charge on any atom is -0.493 e. The number of likely N-dealkylation sites (N-methyl/N-ethyl adjacent to an activating group) is 1. The zero-order valence-electron chi connectivity index (χ0n) is 17.3. The van der Waals surface area contributed by atoms with Gasteiger partial charge in [0.1, 0.15) is 12.4 Å². The van der Waals surface area contributed by atoms with E-state index in [1.807, 2.05) is 61.3 Å². The van der Waals surface area contributed by atoms with Crippen LogP contribution in [0.4, 0.5) is 5.69 Å². The quantitative estimate of drug-likeness (QED) is 0.492. The molecule has 2 aromatic rings. The molecule has 1 aliphatic heterocycles. The normalized spacial score (nSPS) is 14.3. The summed E-state index contributed by atoms with van der Waals surface area (Å²) in [5.41, 5.74) is 2.66. The van der Waals surface area contributed by atoms with E-state index in [0.717, 1.165) is 11.3 Å². The van der Waals surface area contributed by atoms with Crippen molar-refractivity contribution in [3.8, 4) is 5.75 Å². The van der Waals surface area contributed by atoms with E-state index in [9.17, 15) is 9.59 Å². The van der Waals surface area contributed by atoms with Crippen LogP contribution < -0.4 is 9.64 Å². The number of cyclic esters (lactones) is 1. The molecular formula is C23H24N2O5. The highest BCUT2D eigenvalue weighted by atomic mass is 16.6. The van der Waals surface area contributed by atoms with Gasteiger partial charge in [0.25, 0.3) is 0 Å². The summed E-state index contributed by atoms with van der Waals surface area (Å²) in [7, 11) is 1.91. The Balaban J connectivity index is 1.74. The number of hydrogen-bond acceptors (Lipinski definition) is 7. The van der Waals surface area contributed by atoms with E-state index < -0.39 is 5.97 Å². The van der Waals surface area contributed by atoms with Crippen LogP contribution in [0.2, 0.25) is 0 Å². The molecule has 30 heavy (non-hydrogen) atoms. The van der Waals surface area contributed by atoms with E-state index in [1.165, 1.54) is 6.92 Å². The van der Waals surface area contributed by atoms with Crippen molar-refractivity contribution >= 4 is 29.6 Å². The van der Waals surface area contributed by atoms with Crippen LogP contribution in [0.5, 0.6) is 5.75 Å². The summed E-state index contributed by atoms with van der Waals surface area (Å²) in [6.07, 6.45) is 1.68. The summed E-state index contributed by atoms with van der Waals surface area (Å²) >= 11 is 0. The van der Waals surface area contributed by atoms with E-state index in [1.54, 1.807) is 12.1 Å². The molecule has 0 aromatic heterocycles. The van der Waals surface area contributed by atoms with Crippen molar-refractivity contribution in [2.24, 2.45) is 4.99 Å². The van der Waals surface area contributed by atoms with E-state index in [4.69, 9.17) is 14.2 Å². The van der Waals surface area contributed by atoms with Crippen molar-refractivity contribution in [3.05, 3.63) is 65.4 Å². The molecule has 0 unspecified atom stereocenters. The lowest BCUT2D eigenvalue weighted by Gasteiger charge is -2.19. The van der Waals surface area contributed by atoms with Gasteiger partial charge in [-0.05, 0) is 42.8 Å². The van der Waals surface area contributed by atoms with E-state index >= 15 is 0 Å². The first-order valence-corrected chi connectivity index (χ1v) is 9.67. The lowest BCUT2D eigenvalue weighted by atomic mass is 10.1. The predicted octanol–water partition coefficient (Wildman–Crippen LogP) is 3.43. The summed E-state index contributed by atoms with van der Waals surface area (Å²) in [6.45, 7) is 4.69. The molecule has 0 fully saturated rings. The topological polar surface area (TPSA) is 77.4 Å². The summed E-state index contributed by atoms with van der Waals surface area (Å²) in [4.78, 5) is 29.5. The maximum Gasteiger partial charge on any atom is 0.363 e. The zero-order chi connectivity index (χ0) is 21.5. The number of esters is 2. The second-order valence-corrected chi connectivity index (χ2v) is 6.62. The number of anilines is 1.